The molecule has 1 amide bonds. The lowest BCUT2D eigenvalue weighted by atomic mass is 9.82. The molecular weight excluding hydrogens is 410 g/mol. The first-order chi connectivity index (χ1) is 14.3. The molecule has 1 aromatic heterocycles. The molecule has 5 rings (SSSR count). The fraction of sp³-hybridized carbons (Fsp3) is 0.474. The molecule has 1 unspecified atom stereocenters. The van der Waals surface area contributed by atoms with Crippen molar-refractivity contribution in [2.24, 2.45) is 11.7 Å². The van der Waals surface area contributed by atoms with Crippen molar-refractivity contribution in [2.75, 3.05) is 25.6 Å². The smallest absolute Gasteiger partial charge is 0.404 e. The zero-order chi connectivity index (χ0) is 21.4. The second kappa shape index (κ2) is 6.37. The van der Waals surface area contributed by atoms with Gasteiger partial charge in [0.1, 0.15) is 6.61 Å². The van der Waals surface area contributed by atoms with Gasteiger partial charge in [0.2, 0.25) is 11.6 Å². The molecule has 4 atom stereocenters. The summed E-state index contributed by atoms with van der Waals surface area (Å²) in [4.78, 5) is 44.5. The standard InChI is InChI=1S/C19H21N5O5S/c1-7-6-30-18(21-7)23-12-8(2)14(25)13-11(15(12)26)9(5-29-17(20)27)19(28-3)16-10(22-16)4-24(13)19/h6,9-10,16,22H,4-5H2,1-3H3,(H2,20,27)(H,21,23)/t9-,10+,16+,19?/m0/s1. The number of aromatic nitrogens is 1. The van der Waals surface area contributed by atoms with Crippen molar-refractivity contribution in [3.05, 3.63) is 33.6 Å². The number of nitrogens with zero attached hydrogens (tertiary/aromatic N) is 2. The number of primary amides is 1. The number of Topliss-reactive ketones (excluding diaryl/α,β-unsaturated/α-hetero) is 2. The lowest BCUT2D eigenvalue weighted by Gasteiger charge is -2.39. The summed E-state index contributed by atoms with van der Waals surface area (Å²) in [6.07, 6.45) is -0.946. The van der Waals surface area contributed by atoms with Crippen LogP contribution in [0.3, 0.4) is 0 Å². The van der Waals surface area contributed by atoms with Gasteiger partial charge < -0.3 is 30.7 Å². The predicted octanol–water partition coefficient (Wildman–Crippen LogP) is 0.267. The van der Waals surface area contributed by atoms with Gasteiger partial charge in [-0.15, -0.1) is 11.3 Å². The molecule has 0 radical (unpaired) electrons. The number of ether oxygens (including phenoxy) is 2. The molecule has 0 bridgehead atoms. The third kappa shape index (κ3) is 2.42. The number of hydrogen-bond acceptors (Lipinski definition) is 10. The zero-order valence-electron chi connectivity index (χ0n) is 16.6. The minimum absolute atomic E-state index is 0.0755. The summed E-state index contributed by atoms with van der Waals surface area (Å²) in [5.41, 5.74) is 6.15. The largest absolute Gasteiger partial charge is 0.449 e. The quantitative estimate of drug-likeness (QED) is 0.441. The van der Waals surface area contributed by atoms with Crippen molar-refractivity contribution in [3.8, 4) is 0 Å². The van der Waals surface area contributed by atoms with E-state index in [0.29, 0.717) is 22.9 Å². The fourth-order valence-corrected chi connectivity index (χ4v) is 5.65. The number of anilines is 1. The number of rotatable bonds is 5. The van der Waals surface area contributed by atoms with Crippen LogP contribution < -0.4 is 16.4 Å². The van der Waals surface area contributed by atoms with Gasteiger partial charge in [-0.3, -0.25) is 9.59 Å². The van der Waals surface area contributed by atoms with Crippen LogP contribution >= 0.6 is 11.3 Å². The summed E-state index contributed by atoms with van der Waals surface area (Å²) in [5, 5.41) is 8.73. The fourth-order valence-electron chi connectivity index (χ4n) is 4.96. The summed E-state index contributed by atoms with van der Waals surface area (Å²) < 4.78 is 11.0. The Bertz CT molecular complexity index is 1060. The summed E-state index contributed by atoms with van der Waals surface area (Å²) in [5.74, 6) is -1.23. The highest BCUT2D eigenvalue weighted by Crippen LogP contribution is 2.55. The third-order valence-corrected chi connectivity index (χ3v) is 7.15. The van der Waals surface area contributed by atoms with E-state index in [1.807, 2.05) is 17.2 Å². The highest BCUT2D eigenvalue weighted by atomic mass is 32.1. The van der Waals surface area contributed by atoms with Crippen molar-refractivity contribution in [3.63, 3.8) is 0 Å². The van der Waals surface area contributed by atoms with Crippen LogP contribution in [-0.4, -0.2) is 65.6 Å². The molecule has 11 heteroatoms. The topological polar surface area (TPSA) is 146 Å². The SMILES string of the molecule is COC12[C@@H]3N[C@@H]3CN1C1=C(C(=O)C(Nc3nc(C)cs3)=C(C)C1=O)[C@@H]2COC(N)=O. The molecule has 158 valence electrons. The van der Waals surface area contributed by atoms with Crippen LogP contribution in [0.15, 0.2) is 27.9 Å². The second-order valence-corrected chi connectivity index (χ2v) is 8.70. The Kier molecular flexibility index (Phi) is 4.08. The number of nitrogens with two attached hydrogens (primary N) is 1. The van der Waals surface area contributed by atoms with E-state index < -0.39 is 17.7 Å². The number of thiazole rings is 1. The van der Waals surface area contributed by atoms with Crippen molar-refractivity contribution in [1.82, 2.24) is 15.2 Å². The Morgan fingerprint density at radius 3 is 2.83 bits per heavy atom. The predicted molar refractivity (Wildman–Crippen MR) is 106 cm³/mol. The maximum absolute atomic E-state index is 13.6. The summed E-state index contributed by atoms with van der Waals surface area (Å²) in [7, 11) is 1.54. The Morgan fingerprint density at radius 1 is 1.43 bits per heavy atom. The lowest BCUT2D eigenvalue weighted by molar-refractivity contribution is -0.137. The molecule has 3 aliphatic heterocycles. The maximum Gasteiger partial charge on any atom is 0.404 e. The van der Waals surface area contributed by atoms with Gasteiger partial charge in [-0.05, 0) is 13.8 Å². The van der Waals surface area contributed by atoms with E-state index in [1.165, 1.54) is 18.4 Å². The Labute approximate surface area is 176 Å². The molecular formula is C19H21N5O5S. The van der Waals surface area contributed by atoms with E-state index in [9.17, 15) is 14.4 Å². The van der Waals surface area contributed by atoms with Gasteiger partial charge >= 0.3 is 6.09 Å². The minimum Gasteiger partial charge on any atom is -0.449 e. The number of piperazine rings is 1. The number of fused-ring (bicyclic) bond motifs is 4. The zero-order valence-corrected chi connectivity index (χ0v) is 17.5. The molecule has 0 spiro atoms. The first-order valence-electron chi connectivity index (χ1n) is 9.54. The van der Waals surface area contributed by atoms with Crippen LogP contribution in [0.2, 0.25) is 0 Å². The molecule has 4 heterocycles. The van der Waals surface area contributed by atoms with E-state index in [4.69, 9.17) is 15.2 Å². The van der Waals surface area contributed by atoms with Gasteiger partial charge in [0.15, 0.2) is 10.9 Å². The van der Waals surface area contributed by atoms with E-state index in [0.717, 1.165) is 5.69 Å². The van der Waals surface area contributed by atoms with Gasteiger partial charge in [0, 0.05) is 36.2 Å². The van der Waals surface area contributed by atoms with Crippen molar-refractivity contribution in [2.45, 2.75) is 31.7 Å². The number of amides is 1. The summed E-state index contributed by atoms with van der Waals surface area (Å²) in [6, 6.07) is 0.0774. The highest BCUT2D eigenvalue weighted by molar-refractivity contribution is 7.13. The number of nitrogens with one attached hydrogen (secondary N) is 2. The van der Waals surface area contributed by atoms with Gasteiger partial charge in [0.25, 0.3) is 0 Å². The maximum atomic E-state index is 13.6. The van der Waals surface area contributed by atoms with Crippen LogP contribution in [0.5, 0.6) is 0 Å². The molecule has 30 heavy (non-hydrogen) atoms. The number of methoxy groups -OCH3 is 1. The molecule has 10 nitrogen and oxygen atoms in total. The molecule has 1 aliphatic carbocycles. The number of ketones is 2. The van der Waals surface area contributed by atoms with Crippen molar-refractivity contribution >= 4 is 34.1 Å². The number of carbonyl (C=O) groups excluding carboxylic acids is 3. The van der Waals surface area contributed by atoms with E-state index >= 15 is 0 Å². The Balaban J connectivity index is 1.58. The number of hydrogen-bond donors (Lipinski definition) is 3. The molecule has 0 saturated carbocycles. The highest BCUT2D eigenvalue weighted by Gasteiger charge is 2.72. The molecule has 4 aliphatic rings. The van der Waals surface area contributed by atoms with Gasteiger partial charge in [-0.2, -0.15) is 0 Å². The third-order valence-electron chi connectivity index (χ3n) is 6.28. The number of allylic oxidation sites excluding steroid dienone is 2. The normalized spacial score (nSPS) is 31.7. The van der Waals surface area contributed by atoms with Crippen LogP contribution in [0, 0.1) is 12.8 Å². The first-order valence-corrected chi connectivity index (χ1v) is 10.4. The Hall–Kier alpha value is -2.76. The van der Waals surface area contributed by atoms with E-state index in [2.05, 4.69) is 15.6 Å². The monoisotopic (exact) mass is 431 g/mol. The van der Waals surface area contributed by atoms with Crippen molar-refractivity contribution < 1.29 is 23.9 Å². The Morgan fingerprint density at radius 2 is 2.20 bits per heavy atom. The van der Waals surface area contributed by atoms with Crippen molar-refractivity contribution in [1.29, 1.82) is 0 Å². The van der Waals surface area contributed by atoms with Crippen LogP contribution in [0.25, 0.3) is 0 Å². The van der Waals surface area contributed by atoms with Crippen LogP contribution in [-0.2, 0) is 19.1 Å². The lowest BCUT2D eigenvalue weighted by Crippen LogP contribution is -2.55. The van der Waals surface area contributed by atoms with Crippen LogP contribution in [0.4, 0.5) is 9.93 Å². The minimum atomic E-state index is -0.983. The number of aryl methyl sites for hydroxylation is 1. The summed E-state index contributed by atoms with van der Waals surface area (Å²) in [6.45, 7) is 3.85. The van der Waals surface area contributed by atoms with Gasteiger partial charge in [-0.1, -0.05) is 0 Å². The average Bonchev–Trinajstić information content (AvgIpc) is 3.10. The summed E-state index contributed by atoms with van der Waals surface area (Å²) >= 11 is 1.35. The molecule has 4 N–H and O–H groups in total. The molecule has 2 saturated heterocycles. The molecule has 0 aromatic carbocycles. The van der Waals surface area contributed by atoms with E-state index in [1.54, 1.807) is 6.92 Å². The van der Waals surface area contributed by atoms with Crippen LogP contribution in [0.1, 0.15) is 12.6 Å². The first kappa shape index (κ1) is 19.2. The second-order valence-electron chi connectivity index (χ2n) is 7.84. The molecule has 2 fully saturated rings. The number of carbonyl (C=O) groups is 3. The van der Waals surface area contributed by atoms with E-state index in [-0.39, 0.29) is 41.5 Å². The van der Waals surface area contributed by atoms with Gasteiger partial charge in [0.05, 0.1) is 29.0 Å². The average molecular weight is 431 g/mol. The van der Waals surface area contributed by atoms with Gasteiger partial charge in [-0.25, -0.2) is 9.78 Å². The molecule has 1 aromatic rings.